The van der Waals surface area contributed by atoms with Gasteiger partial charge in [-0.15, -0.1) is 0 Å². The first kappa shape index (κ1) is 43.8. The normalized spacial score (nSPS) is 15.5. The van der Waals surface area contributed by atoms with Crippen LogP contribution in [-0.4, -0.2) is 83.6 Å². The lowest BCUT2D eigenvalue weighted by Crippen LogP contribution is -2.36. The second-order valence-electron chi connectivity index (χ2n) is 17.5. The third-order valence-electron chi connectivity index (χ3n) is 10.8. The maximum Gasteiger partial charge on any atom is 0.410 e. The van der Waals surface area contributed by atoms with Gasteiger partial charge in [-0.2, -0.15) is 0 Å². The fraction of sp³-hybridized carbons (Fsp3) is 0.490. The highest BCUT2D eigenvalue weighted by Gasteiger charge is 2.28. The first-order valence-corrected chi connectivity index (χ1v) is 21.3. The summed E-state index contributed by atoms with van der Waals surface area (Å²) in [7, 11) is 2.18. The highest BCUT2D eigenvalue weighted by atomic mass is 16.6. The van der Waals surface area contributed by atoms with Gasteiger partial charge in [0.25, 0.3) is 0 Å². The van der Waals surface area contributed by atoms with Gasteiger partial charge in [0.05, 0.1) is 30.4 Å². The van der Waals surface area contributed by atoms with Crippen LogP contribution in [0.3, 0.4) is 0 Å². The fourth-order valence-electron chi connectivity index (χ4n) is 8.09. The Labute approximate surface area is 350 Å². The van der Waals surface area contributed by atoms with Crippen molar-refractivity contribution in [2.75, 3.05) is 40.0 Å². The lowest BCUT2D eigenvalue weighted by molar-refractivity contribution is -0.146. The summed E-state index contributed by atoms with van der Waals surface area (Å²) in [5.41, 5.74) is 10.8. The molecule has 1 aromatic heterocycles. The van der Waals surface area contributed by atoms with Gasteiger partial charge >= 0.3 is 12.1 Å². The molecule has 3 aliphatic rings. The molecule has 4 heterocycles. The van der Waals surface area contributed by atoms with Crippen LogP contribution in [0.2, 0.25) is 0 Å². The highest BCUT2D eigenvalue weighted by molar-refractivity contribution is 5.91. The van der Waals surface area contributed by atoms with E-state index in [1.807, 2.05) is 51.1 Å². The molecule has 0 bridgehead atoms. The third kappa shape index (κ3) is 12.4. The van der Waals surface area contributed by atoms with Crippen molar-refractivity contribution in [3.8, 4) is 28.0 Å². The number of esters is 1. The Morgan fingerprint density at radius 3 is 2.36 bits per heavy atom. The van der Waals surface area contributed by atoms with E-state index in [4.69, 9.17) is 29.0 Å². The van der Waals surface area contributed by atoms with Crippen molar-refractivity contribution < 1.29 is 33.6 Å². The van der Waals surface area contributed by atoms with Crippen LogP contribution in [0.15, 0.2) is 66.7 Å². The number of aryl methyl sites for hydroxylation is 2. The second-order valence-corrected chi connectivity index (χ2v) is 17.5. The monoisotopic (exact) mass is 805 g/mol. The lowest BCUT2D eigenvalue weighted by Gasteiger charge is -2.30. The summed E-state index contributed by atoms with van der Waals surface area (Å²) in [6.45, 7) is 16.3. The standard InChI is InChI=1S/C45H53N3O6.C4H10O/c1-30(2)54-42(49)25-39-31(3)46-40(28-47(4)26-32-17-21-51-22-18-32)44(43(39)36-14-15-41-35(24-36)11-8-20-52-41)37-12-13-38-27-48(19-16-34(38)23-37)45(50)53-29-33-9-6-5-7-10-33;1-4(2,3)5/h5-7,9-10,12-15,23-24,30,32H,8,11,16-22,25-29H2,1-4H3;5H,1-3H3. The number of aromatic nitrogens is 1. The van der Waals surface area contributed by atoms with E-state index in [1.54, 1.807) is 25.7 Å². The van der Waals surface area contributed by atoms with Gasteiger partial charge in [0.1, 0.15) is 12.4 Å². The molecule has 316 valence electrons. The molecular weight excluding hydrogens is 743 g/mol. The van der Waals surface area contributed by atoms with Gasteiger partial charge in [-0.05, 0) is 143 Å². The van der Waals surface area contributed by atoms with Crippen LogP contribution in [-0.2, 0) is 58.0 Å². The van der Waals surface area contributed by atoms with Crippen molar-refractivity contribution in [3.05, 3.63) is 106 Å². The molecule has 10 nitrogen and oxygen atoms in total. The quantitative estimate of drug-likeness (QED) is 0.149. The minimum absolute atomic E-state index is 0.121. The Bertz CT molecular complexity index is 2050. The van der Waals surface area contributed by atoms with Gasteiger partial charge < -0.3 is 33.9 Å². The van der Waals surface area contributed by atoms with Gasteiger partial charge in [-0.25, -0.2) is 4.79 Å². The van der Waals surface area contributed by atoms with E-state index >= 15 is 0 Å². The first-order chi connectivity index (χ1) is 28.2. The highest BCUT2D eigenvalue weighted by Crippen LogP contribution is 2.42. The summed E-state index contributed by atoms with van der Waals surface area (Å²) in [5.74, 6) is 1.23. The maximum absolute atomic E-state index is 13.4. The number of pyridine rings is 1. The largest absolute Gasteiger partial charge is 0.493 e. The summed E-state index contributed by atoms with van der Waals surface area (Å²) in [6.07, 6.45) is 4.34. The van der Waals surface area contributed by atoms with Crippen LogP contribution >= 0.6 is 0 Å². The molecule has 4 aromatic rings. The summed E-state index contributed by atoms with van der Waals surface area (Å²) in [6, 6.07) is 22.8. The Balaban J connectivity index is 0.00000110. The molecule has 59 heavy (non-hydrogen) atoms. The van der Waals surface area contributed by atoms with Crippen LogP contribution in [0.1, 0.15) is 93.1 Å². The molecule has 3 aliphatic heterocycles. The van der Waals surface area contributed by atoms with E-state index in [0.29, 0.717) is 32.0 Å². The molecule has 0 atom stereocenters. The van der Waals surface area contributed by atoms with E-state index in [2.05, 4.69) is 48.3 Å². The zero-order valence-electron chi connectivity index (χ0n) is 36.1. The molecule has 3 aromatic carbocycles. The van der Waals surface area contributed by atoms with Gasteiger partial charge in [0, 0.05) is 50.7 Å². The number of ether oxygens (including phenoxy) is 4. The molecule has 1 saturated heterocycles. The van der Waals surface area contributed by atoms with Crippen molar-refractivity contribution in [1.29, 1.82) is 0 Å². The fourth-order valence-corrected chi connectivity index (χ4v) is 8.09. The van der Waals surface area contributed by atoms with Crippen LogP contribution in [0.5, 0.6) is 5.75 Å². The number of aliphatic hydroxyl groups is 1. The predicted molar refractivity (Wildman–Crippen MR) is 231 cm³/mol. The number of carbonyl (C=O) groups excluding carboxylic acids is 2. The topological polar surface area (TPSA) is 111 Å². The smallest absolute Gasteiger partial charge is 0.410 e. The molecule has 0 unspecified atom stereocenters. The van der Waals surface area contributed by atoms with Crippen LogP contribution < -0.4 is 4.74 Å². The number of carbonyl (C=O) groups is 2. The molecule has 1 amide bonds. The Morgan fingerprint density at radius 2 is 1.63 bits per heavy atom. The van der Waals surface area contributed by atoms with Crippen LogP contribution in [0.25, 0.3) is 22.3 Å². The molecular formula is C49H63N3O7. The number of fused-ring (bicyclic) bond motifs is 2. The molecule has 0 saturated carbocycles. The summed E-state index contributed by atoms with van der Waals surface area (Å²) < 4.78 is 23.1. The van der Waals surface area contributed by atoms with E-state index in [9.17, 15) is 9.59 Å². The van der Waals surface area contributed by atoms with E-state index in [1.165, 1.54) is 11.1 Å². The Morgan fingerprint density at radius 1 is 0.932 bits per heavy atom. The van der Waals surface area contributed by atoms with Gasteiger partial charge in [0.2, 0.25) is 0 Å². The molecule has 10 heteroatoms. The number of amides is 1. The average molecular weight is 806 g/mol. The zero-order valence-corrected chi connectivity index (χ0v) is 36.1. The van der Waals surface area contributed by atoms with Gasteiger partial charge in [-0.1, -0.05) is 54.6 Å². The Kier molecular flexibility index (Phi) is 14.8. The van der Waals surface area contributed by atoms with Gasteiger partial charge in [0.15, 0.2) is 0 Å². The predicted octanol–water partition coefficient (Wildman–Crippen LogP) is 8.87. The molecule has 7 rings (SSSR count). The van der Waals surface area contributed by atoms with Crippen LogP contribution in [0, 0.1) is 12.8 Å². The van der Waals surface area contributed by atoms with E-state index in [-0.39, 0.29) is 31.2 Å². The minimum Gasteiger partial charge on any atom is -0.493 e. The minimum atomic E-state index is -0.500. The third-order valence-corrected chi connectivity index (χ3v) is 10.8. The molecule has 0 spiro atoms. The Hall–Kier alpha value is -4.77. The number of benzene rings is 3. The SMILES string of the molecule is CC(C)(C)O.Cc1nc(CN(C)CC2CCOCC2)c(-c2ccc3c(c2)CCN(C(=O)OCc2ccccc2)C3)c(-c2ccc3c(c2)CCCO3)c1CC(=O)OC(C)C. The zero-order chi connectivity index (χ0) is 42.1. The molecule has 0 aliphatic carbocycles. The van der Waals surface area contributed by atoms with Crippen molar-refractivity contribution in [2.45, 2.75) is 111 Å². The summed E-state index contributed by atoms with van der Waals surface area (Å²) in [5, 5.41) is 8.52. The molecule has 1 N–H and O–H groups in total. The van der Waals surface area contributed by atoms with Crippen molar-refractivity contribution in [3.63, 3.8) is 0 Å². The van der Waals surface area contributed by atoms with E-state index < -0.39 is 5.60 Å². The molecule has 1 fully saturated rings. The van der Waals surface area contributed by atoms with Gasteiger partial charge in [-0.3, -0.25) is 9.78 Å². The summed E-state index contributed by atoms with van der Waals surface area (Å²) >= 11 is 0. The molecule has 0 radical (unpaired) electrons. The number of hydrogen-bond acceptors (Lipinski definition) is 9. The van der Waals surface area contributed by atoms with Crippen molar-refractivity contribution in [1.82, 2.24) is 14.8 Å². The lowest BCUT2D eigenvalue weighted by atomic mass is 9.85. The van der Waals surface area contributed by atoms with Crippen molar-refractivity contribution >= 4 is 12.1 Å². The second kappa shape index (κ2) is 20.0. The van der Waals surface area contributed by atoms with Crippen molar-refractivity contribution in [2.24, 2.45) is 5.92 Å². The maximum atomic E-state index is 13.4. The number of nitrogens with zero attached hydrogens (tertiary/aromatic N) is 3. The number of hydrogen-bond donors (Lipinski definition) is 1. The number of rotatable bonds is 11. The first-order valence-electron chi connectivity index (χ1n) is 21.3. The van der Waals surface area contributed by atoms with E-state index in [0.717, 1.165) is 108 Å². The summed E-state index contributed by atoms with van der Waals surface area (Å²) in [4.78, 5) is 36.0. The average Bonchev–Trinajstić information content (AvgIpc) is 3.20. The van der Waals surface area contributed by atoms with Crippen LogP contribution in [0.4, 0.5) is 4.79 Å².